The SMILES string of the molecule is C[C@@H]1CCC[C@H](OCC(=O)N2CCC[C@@H](CCC(=O)O)C2)C1. The van der Waals surface area contributed by atoms with Gasteiger partial charge in [-0.3, -0.25) is 9.59 Å². The van der Waals surface area contributed by atoms with Gasteiger partial charge in [-0.2, -0.15) is 0 Å². The number of ether oxygens (including phenoxy) is 1. The molecule has 5 heteroatoms. The Hall–Kier alpha value is -1.10. The molecule has 1 aliphatic carbocycles. The van der Waals surface area contributed by atoms with Crippen molar-refractivity contribution in [2.75, 3.05) is 19.7 Å². The third-order valence-electron chi connectivity index (χ3n) is 4.97. The molecule has 1 heterocycles. The molecule has 1 aliphatic heterocycles. The number of carbonyl (C=O) groups excluding carboxylic acids is 1. The molecule has 0 unspecified atom stereocenters. The summed E-state index contributed by atoms with van der Waals surface area (Å²) in [5.41, 5.74) is 0. The lowest BCUT2D eigenvalue weighted by molar-refractivity contribution is -0.141. The second kappa shape index (κ2) is 8.51. The lowest BCUT2D eigenvalue weighted by Gasteiger charge is -2.33. The third kappa shape index (κ3) is 5.59. The molecule has 3 atom stereocenters. The summed E-state index contributed by atoms with van der Waals surface area (Å²) in [4.78, 5) is 24.8. The van der Waals surface area contributed by atoms with Gasteiger partial charge in [0.1, 0.15) is 6.61 Å². The molecular weight excluding hydrogens is 282 g/mol. The molecule has 0 aromatic heterocycles. The summed E-state index contributed by atoms with van der Waals surface area (Å²) in [6, 6.07) is 0. The summed E-state index contributed by atoms with van der Waals surface area (Å²) in [6.45, 7) is 3.90. The van der Waals surface area contributed by atoms with Crippen molar-refractivity contribution in [3.05, 3.63) is 0 Å². The Balaban J connectivity index is 1.70. The summed E-state index contributed by atoms with van der Waals surface area (Å²) in [6.07, 6.45) is 7.69. The molecule has 1 saturated heterocycles. The van der Waals surface area contributed by atoms with Crippen molar-refractivity contribution in [3.8, 4) is 0 Å². The minimum absolute atomic E-state index is 0.0678. The molecule has 1 amide bonds. The lowest BCUT2D eigenvalue weighted by Crippen LogP contribution is -2.42. The van der Waals surface area contributed by atoms with Gasteiger partial charge in [-0.25, -0.2) is 0 Å². The summed E-state index contributed by atoms with van der Waals surface area (Å²) in [7, 11) is 0. The molecule has 1 N–H and O–H groups in total. The van der Waals surface area contributed by atoms with E-state index in [-0.39, 0.29) is 25.0 Å². The van der Waals surface area contributed by atoms with Crippen molar-refractivity contribution >= 4 is 11.9 Å². The van der Waals surface area contributed by atoms with Crippen molar-refractivity contribution in [2.45, 2.75) is 64.4 Å². The van der Waals surface area contributed by atoms with Crippen LogP contribution in [0.25, 0.3) is 0 Å². The topological polar surface area (TPSA) is 66.8 Å². The fraction of sp³-hybridized carbons (Fsp3) is 0.882. The van der Waals surface area contributed by atoms with Gasteiger partial charge in [0.15, 0.2) is 0 Å². The zero-order valence-electron chi connectivity index (χ0n) is 13.6. The molecule has 2 aliphatic rings. The van der Waals surface area contributed by atoms with Crippen LogP contribution in [0.2, 0.25) is 0 Å². The van der Waals surface area contributed by atoms with Crippen LogP contribution in [-0.2, 0) is 14.3 Å². The molecule has 22 heavy (non-hydrogen) atoms. The number of rotatable bonds is 6. The maximum absolute atomic E-state index is 12.3. The number of likely N-dealkylation sites (tertiary alicyclic amines) is 1. The van der Waals surface area contributed by atoms with E-state index < -0.39 is 5.97 Å². The summed E-state index contributed by atoms with van der Waals surface area (Å²) < 4.78 is 5.82. The Morgan fingerprint density at radius 3 is 2.77 bits per heavy atom. The lowest BCUT2D eigenvalue weighted by atomic mass is 9.89. The third-order valence-corrected chi connectivity index (χ3v) is 4.97. The number of hydrogen-bond acceptors (Lipinski definition) is 3. The first-order valence-corrected chi connectivity index (χ1v) is 8.65. The van der Waals surface area contributed by atoms with Crippen molar-refractivity contribution in [2.24, 2.45) is 11.8 Å². The van der Waals surface area contributed by atoms with E-state index in [0.717, 1.165) is 32.2 Å². The van der Waals surface area contributed by atoms with Crippen LogP contribution in [0, 0.1) is 11.8 Å². The van der Waals surface area contributed by atoms with Gasteiger partial charge in [-0.1, -0.05) is 19.8 Å². The van der Waals surface area contributed by atoms with Crippen molar-refractivity contribution in [3.63, 3.8) is 0 Å². The van der Waals surface area contributed by atoms with Gasteiger partial charge in [0.2, 0.25) is 5.91 Å². The van der Waals surface area contributed by atoms with Gasteiger partial charge < -0.3 is 14.7 Å². The Labute approximate surface area is 133 Å². The largest absolute Gasteiger partial charge is 0.481 e. The quantitative estimate of drug-likeness (QED) is 0.819. The first-order valence-electron chi connectivity index (χ1n) is 8.65. The van der Waals surface area contributed by atoms with E-state index in [1.165, 1.54) is 12.8 Å². The number of carbonyl (C=O) groups is 2. The minimum atomic E-state index is -0.752. The highest BCUT2D eigenvalue weighted by atomic mass is 16.5. The predicted molar refractivity (Wildman–Crippen MR) is 83.5 cm³/mol. The van der Waals surface area contributed by atoms with Gasteiger partial charge in [-0.15, -0.1) is 0 Å². The van der Waals surface area contributed by atoms with Gasteiger partial charge in [0.25, 0.3) is 0 Å². The molecule has 5 nitrogen and oxygen atoms in total. The predicted octanol–water partition coefficient (Wildman–Crippen LogP) is 2.69. The maximum atomic E-state index is 12.3. The van der Waals surface area contributed by atoms with Crippen LogP contribution in [0.5, 0.6) is 0 Å². The molecule has 0 aromatic carbocycles. The number of carboxylic acid groups (broad SMARTS) is 1. The second-order valence-electron chi connectivity index (χ2n) is 6.99. The molecule has 126 valence electrons. The highest BCUT2D eigenvalue weighted by molar-refractivity contribution is 5.77. The molecule has 2 rings (SSSR count). The molecular formula is C17H29NO4. The number of aliphatic carboxylic acids is 1. The average Bonchev–Trinajstić information content (AvgIpc) is 2.51. The van der Waals surface area contributed by atoms with Gasteiger partial charge in [0.05, 0.1) is 6.10 Å². The molecule has 1 saturated carbocycles. The molecule has 0 bridgehead atoms. The van der Waals surface area contributed by atoms with E-state index >= 15 is 0 Å². The van der Waals surface area contributed by atoms with Crippen molar-refractivity contribution in [1.29, 1.82) is 0 Å². The molecule has 2 fully saturated rings. The van der Waals surface area contributed by atoms with Crippen LogP contribution in [0.15, 0.2) is 0 Å². The highest BCUT2D eigenvalue weighted by Gasteiger charge is 2.25. The number of piperidine rings is 1. The first-order chi connectivity index (χ1) is 10.5. The zero-order valence-corrected chi connectivity index (χ0v) is 13.6. The Bertz CT molecular complexity index is 385. The number of hydrogen-bond donors (Lipinski definition) is 1. The van der Waals surface area contributed by atoms with Gasteiger partial charge in [0, 0.05) is 19.5 Å². The normalized spacial score (nSPS) is 29.3. The monoisotopic (exact) mass is 311 g/mol. The second-order valence-corrected chi connectivity index (χ2v) is 6.99. The van der Waals surface area contributed by atoms with Gasteiger partial charge >= 0.3 is 5.97 Å². The van der Waals surface area contributed by atoms with Crippen LogP contribution in [0.1, 0.15) is 58.3 Å². The fourth-order valence-corrected chi connectivity index (χ4v) is 3.67. The number of carboxylic acids is 1. The summed E-state index contributed by atoms with van der Waals surface area (Å²) in [5.74, 6) is 0.337. The molecule has 0 spiro atoms. The van der Waals surface area contributed by atoms with Crippen LogP contribution in [0.3, 0.4) is 0 Å². The minimum Gasteiger partial charge on any atom is -0.481 e. The number of amides is 1. The van der Waals surface area contributed by atoms with E-state index in [1.54, 1.807) is 0 Å². The van der Waals surface area contributed by atoms with E-state index in [1.807, 2.05) is 4.90 Å². The Kier molecular flexibility index (Phi) is 6.68. The van der Waals surface area contributed by atoms with E-state index in [9.17, 15) is 9.59 Å². The van der Waals surface area contributed by atoms with E-state index in [4.69, 9.17) is 9.84 Å². The average molecular weight is 311 g/mol. The van der Waals surface area contributed by atoms with Crippen molar-refractivity contribution in [1.82, 2.24) is 4.90 Å². The Morgan fingerprint density at radius 2 is 2.05 bits per heavy atom. The highest BCUT2D eigenvalue weighted by Crippen LogP contribution is 2.26. The Morgan fingerprint density at radius 1 is 1.23 bits per heavy atom. The fourth-order valence-electron chi connectivity index (χ4n) is 3.67. The summed E-state index contributed by atoms with van der Waals surface area (Å²) >= 11 is 0. The van der Waals surface area contributed by atoms with Crippen LogP contribution in [0.4, 0.5) is 0 Å². The van der Waals surface area contributed by atoms with Gasteiger partial charge in [-0.05, 0) is 43.9 Å². The maximum Gasteiger partial charge on any atom is 0.303 e. The standard InChI is InChI=1S/C17H29NO4/c1-13-4-2-6-15(10-13)22-12-16(19)18-9-3-5-14(11-18)7-8-17(20)21/h13-15H,2-12H2,1H3,(H,20,21)/t13-,14+,15+/m1/s1. The summed E-state index contributed by atoms with van der Waals surface area (Å²) in [5, 5.41) is 8.77. The number of nitrogens with zero attached hydrogens (tertiary/aromatic N) is 1. The molecule has 0 radical (unpaired) electrons. The smallest absolute Gasteiger partial charge is 0.303 e. The van der Waals surface area contributed by atoms with Crippen molar-refractivity contribution < 1.29 is 19.4 Å². The first kappa shape index (κ1) is 17.3. The zero-order chi connectivity index (χ0) is 15.9. The van der Waals surface area contributed by atoms with Crippen LogP contribution >= 0.6 is 0 Å². The van der Waals surface area contributed by atoms with E-state index in [0.29, 0.717) is 24.8 Å². The van der Waals surface area contributed by atoms with Crippen LogP contribution < -0.4 is 0 Å². The molecule has 0 aromatic rings. The van der Waals surface area contributed by atoms with E-state index in [2.05, 4.69) is 6.92 Å². The van der Waals surface area contributed by atoms with Crippen LogP contribution in [-0.4, -0.2) is 47.7 Å².